The van der Waals surface area contributed by atoms with Crippen molar-refractivity contribution in [2.45, 2.75) is 18.7 Å². The van der Waals surface area contributed by atoms with Gasteiger partial charge in [-0.25, -0.2) is 4.79 Å². The third-order valence-electron chi connectivity index (χ3n) is 3.96. The van der Waals surface area contributed by atoms with Crippen LogP contribution >= 0.6 is 11.6 Å². The third kappa shape index (κ3) is 3.42. The molecule has 5 nitrogen and oxygen atoms in total. The van der Waals surface area contributed by atoms with Gasteiger partial charge in [-0.15, -0.1) is 0 Å². The summed E-state index contributed by atoms with van der Waals surface area (Å²) in [5.41, 5.74) is 1.56. The molecule has 0 saturated carbocycles. The van der Waals surface area contributed by atoms with E-state index < -0.39 is 18.1 Å². The summed E-state index contributed by atoms with van der Waals surface area (Å²) in [6.07, 6.45) is -1.11. The molecule has 24 heavy (non-hydrogen) atoms. The Morgan fingerprint density at radius 1 is 1.21 bits per heavy atom. The number of halogens is 1. The van der Waals surface area contributed by atoms with Gasteiger partial charge in [0.15, 0.2) is 6.10 Å². The average Bonchev–Trinajstić information content (AvgIpc) is 2.57. The molecule has 1 fully saturated rings. The molecule has 0 aliphatic carbocycles. The van der Waals surface area contributed by atoms with Gasteiger partial charge in [0.1, 0.15) is 6.61 Å². The molecule has 1 aliphatic heterocycles. The summed E-state index contributed by atoms with van der Waals surface area (Å²) in [6, 6.07) is 15.5. The summed E-state index contributed by atoms with van der Waals surface area (Å²) in [5, 5.41) is 10.1. The van der Waals surface area contributed by atoms with Crippen LogP contribution in [0, 0.1) is 0 Å². The van der Waals surface area contributed by atoms with E-state index in [1.807, 2.05) is 24.3 Å². The Bertz CT molecular complexity index is 750. The second kappa shape index (κ2) is 7.03. The van der Waals surface area contributed by atoms with Crippen LogP contribution in [0.15, 0.2) is 54.6 Å². The number of morpholine rings is 1. The lowest BCUT2D eigenvalue weighted by atomic mass is 9.97. The van der Waals surface area contributed by atoms with E-state index in [1.165, 1.54) is 0 Å². The van der Waals surface area contributed by atoms with Crippen molar-refractivity contribution >= 4 is 23.5 Å². The molecule has 1 amide bonds. The Hall–Kier alpha value is -2.37. The van der Waals surface area contributed by atoms with Crippen LogP contribution in [0.1, 0.15) is 17.2 Å². The summed E-state index contributed by atoms with van der Waals surface area (Å²) in [5.74, 6) is -1.34. The predicted molar refractivity (Wildman–Crippen MR) is 88.6 cm³/mol. The van der Waals surface area contributed by atoms with Crippen LogP contribution in [0.25, 0.3) is 0 Å². The zero-order valence-electron chi connectivity index (χ0n) is 12.8. The first-order chi connectivity index (χ1) is 11.6. The van der Waals surface area contributed by atoms with Crippen LogP contribution < -0.4 is 0 Å². The van der Waals surface area contributed by atoms with E-state index >= 15 is 0 Å². The van der Waals surface area contributed by atoms with Crippen molar-refractivity contribution in [1.82, 2.24) is 4.90 Å². The van der Waals surface area contributed by atoms with Gasteiger partial charge in [0.05, 0.1) is 6.04 Å². The number of aliphatic carboxylic acids is 1. The Labute approximate surface area is 144 Å². The second-order valence-electron chi connectivity index (χ2n) is 5.58. The quantitative estimate of drug-likeness (QED) is 0.925. The lowest BCUT2D eigenvalue weighted by molar-refractivity contribution is -0.174. The maximum Gasteiger partial charge on any atom is 0.335 e. The van der Waals surface area contributed by atoms with Gasteiger partial charge in [-0.1, -0.05) is 54.1 Å². The highest BCUT2D eigenvalue weighted by molar-refractivity contribution is 6.30. The van der Waals surface area contributed by atoms with Gasteiger partial charge in [0.2, 0.25) is 5.91 Å². The SMILES string of the molecule is O=C(O)[C@@H]1OCC(=O)N(Cc2cccc(Cl)c2)[C@@H]1c1ccccc1. The fraction of sp³-hybridized carbons (Fsp3) is 0.222. The third-order valence-corrected chi connectivity index (χ3v) is 4.19. The van der Waals surface area contributed by atoms with Crippen molar-refractivity contribution in [3.63, 3.8) is 0 Å². The molecule has 0 bridgehead atoms. The van der Waals surface area contributed by atoms with Crippen LogP contribution in [0.5, 0.6) is 0 Å². The van der Waals surface area contributed by atoms with E-state index in [-0.39, 0.29) is 19.1 Å². The van der Waals surface area contributed by atoms with Gasteiger partial charge in [-0.2, -0.15) is 0 Å². The number of carboxylic acids is 1. The lowest BCUT2D eigenvalue weighted by Gasteiger charge is -2.39. The Morgan fingerprint density at radius 2 is 1.96 bits per heavy atom. The molecule has 0 radical (unpaired) electrons. The number of rotatable bonds is 4. The Balaban J connectivity index is 1.98. The largest absolute Gasteiger partial charge is 0.479 e. The van der Waals surface area contributed by atoms with Crippen LogP contribution in [0.3, 0.4) is 0 Å². The van der Waals surface area contributed by atoms with E-state index in [2.05, 4.69) is 0 Å². The van der Waals surface area contributed by atoms with E-state index in [0.29, 0.717) is 5.02 Å². The summed E-state index contributed by atoms with van der Waals surface area (Å²) in [6.45, 7) is 0.0208. The van der Waals surface area contributed by atoms with Gasteiger partial charge >= 0.3 is 5.97 Å². The summed E-state index contributed by atoms with van der Waals surface area (Å²) in [7, 11) is 0. The fourth-order valence-corrected chi connectivity index (χ4v) is 3.10. The molecule has 124 valence electrons. The minimum atomic E-state index is -1.11. The zero-order chi connectivity index (χ0) is 17.1. The van der Waals surface area contributed by atoms with Gasteiger partial charge < -0.3 is 14.7 Å². The highest BCUT2D eigenvalue weighted by atomic mass is 35.5. The van der Waals surface area contributed by atoms with Crippen LogP contribution in [-0.4, -0.2) is 34.6 Å². The first kappa shape index (κ1) is 16.5. The summed E-state index contributed by atoms with van der Waals surface area (Å²) < 4.78 is 5.29. The minimum Gasteiger partial charge on any atom is -0.479 e. The maximum atomic E-state index is 12.4. The van der Waals surface area contributed by atoms with Gasteiger partial charge in [0, 0.05) is 11.6 Å². The smallest absolute Gasteiger partial charge is 0.335 e. The standard InChI is InChI=1S/C18H16ClNO4/c19-14-8-4-5-12(9-14)10-20-15(21)11-24-17(18(22)23)16(20)13-6-2-1-3-7-13/h1-9,16-17H,10-11H2,(H,22,23)/t16-,17-/m1/s1. The average molecular weight is 346 g/mol. The van der Waals surface area contributed by atoms with Crippen molar-refractivity contribution in [3.8, 4) is 0 Å². The second-order valence-corrected chi connectivity index (χ2v) is 6.01. The summed E-state index contributed by atoms with van der Waals surface area (Å²) in [4.78, 5) is 25.6. The highest BCUT2D eigenvalue weighted by Gasteiger charge is 2.41. The van der Waals surface area contributed by atoms with Crippen molar-refractivity contribution < 1.29 is 19.4 Å². The fourth-order valence-electron chi connectivity index (χ4n) is 2.88. The molecule has 0 aromatic heterocycles. The Morgan fingerprint density at radius 3 is 2.62 bits per heavy atom. The molecule has 1 aliphatic rings. The lowest BCUT2D eigenvalue weighted by Crippen LogP contribution is -2.51. The number of hydrogen-bond acceptors (Lipinski definition) is 3. The number of amides is 1. The number of carboxylic acid groups (broad SMARTS) is 1. The van der Waals surface area contributed by atoms with E-state index in [1.54, 1.807) is 35.2 Å². The first-order valence-corrected chi connectivity index (χ1v) is 7.87. The van der Waals surface area contributed by atoms with E-state index in [0.717, 1.165) is 11.1 Å². The number of hydrogen-bond donors (Lipinski definition) is 1. The molecule has 1 saturated heterocycles. The number of carbonyl (C=O) groups excluding carboxylic acids is 1. The molecule has 0 unspecified atom stereocenters. The first-order valence-electron chi connectivity index (χ1n) is 7.49. The topological polar surface area (TPSA) is 66.8 Å². The van der Waals surface area contributed by atoms with Crippen molar-refractivity contribution in [2.24, 2.45) is 0 Å². The Kier molecular flexibility index (Phi) is 4.83. The van der Waals surface area contributed by atoms with Crippen LogP contribution in [0.2, 0.25) is 5.02 Å². The van der Waals surface area contributed by atoms with Crippen LogP contribution in [-0.2, 0) is 20.9 Å². The molecule has 6 heteroatoms. The van der Waals surface area contributed by atoms with Gasteiger partial charge in [0.25, 0.3) is 0 Å². The molecular formula is C18H16ClNO4. The minimum absolute atomic E-state index is 0.249. The van der Waals surface area contributed by atoms with Crippen LogP contribution in [0.4, 0.5) is 0 Å². The number of nitrogens with zero attached hydrogens (tertiary/aromatic N) is 1. The number of carbonyl (C=O) groups is 2. The van der Waals surface area contributed by atoms with E-state index in [9.17, 15) is 14.7 Å². The van der Waals surface area contributed by atoms with Crippen molar-refractivity contribution in [2.75, 3.05) is 6.61 Å². The molecule has 2 atom stereocenters. The molecule has 2 aromatic rings. The number of ether oxygens (including phenoxy) is 1. The molecular weight excluding hydrogens is 330 g/mol. The van der Waals surface area contributed by atoms with Gasteiger partial charge in [-0.3, -0.25) is 4.79 Å². The molecule has 0 spiro atoms. The molecule has 2 aromatic carbocycles. The van der Waals surface area contributed by atoms with Crippen molar-refractivity contribution in [3.05, 3.63) is 70.7 Å². The van der Waals surface area contributed by atoms with E-state index in [4.69, 9.17) is 16.3 Å². The number of benzene rings is 2. The van der Waals surface area contributed by atoms with Gasteiger partial charge in [-0.05, 0) is 23.3 Å². The van der Waals surface area contributed by atoms with Crippen molar-refractivity contribution in [1.29, 1.82) is 0 Å². The highest BCUT2D eigenvalue weighted by Crippen LogP contribution is 2.32. The maximum absolute atomic E-state index is 12.4. The molecule has 1 N–H and O–H groups in total. The molecule has 3 rings (SSSR count). The molecule has 1 heterocycles. The summed E-state index contributed by atoms with van der Waals surface area (Å²) >= 11 is 6.01. The monoisotopic (exact) mass is 345 g/mol. The predicted octanol–water partition coefficient (Wildman–Crippen LogP) is 2.89. The zero-order valence-corrected chi connectivity index (χ0v) is 13.5. The normalized spacial score (nSPS) is 20.9.